The smallest absolute Gasteiger partial charge is 0.265 e. The number of hydrogen-bond donors (Lipinski definition) is 2. The normalized spacial score (nSPS) is 11.6. The maximum atomic E-state index is 12.7. The van der Waals surface area contributed by atoms with E-state index in [0.717, 1.165) is 5.56 Å². The number of amides is 2. The Morgan fingerprint density at radius 1 is 1.18 bits per heavy atom. The van der Waals surface area contributed by atoms with Crippen LogP contribution in [0.4, 0.5) is 5.69 Å². The fourth-order valence-electron chi connectivity index (χ4n) is 2.54. The number of methoxy groups -OCH3 is 1. The lowest BCUT2D eigenvalue weighted by Crippen LogP contribution is -2.34. The largest absolute Gasteiger partial charge is 0.481 e. The lowest BCUT2D eigenvalue weighted by atomic mass is 10.1. The van der Waals surface area contributed by atoms with Gasteiger partial charge >= 0.3 is 0 Å². The predicted molar refractivity (Wildman–Crippen MR) is 110 cm³/mol. The number of hydrogen-bond acceptors (Lipinski definition) is 4. The van der Waals surface area contributed by atoms with Crippen LogP contribution < -0.4 is 15.4 Å². The predicted octanol–water partition coefficient (Wildman–Crippen LogP) is 3.82. The van der Waals surface area contributed by atoms with Gasteiger partial charge in [-0.05, 0) is 49.2 Å². The van der Waals surface area contributed by atoms with Gasteiger partial charge in [0.2, 0.25) is 0 Å². The third-order valence-corrected chi connectivity index (χ3v) is 4.52. The van der Waals surface area contributed by atoms with Crippen molar-refractivity contribution >= 4 is 29.1 Å². The summed E-state index contributed by atoms with van der Waals surface area (Å²) in [6, 6.07) is 12.1. The monoisotopic (exact) mass is 404 g/mol. The first-order valence-electron chi connectivity index (χ1n) is 9.06. The van der Waals surface area contributed by atoms with Crippen molar-refractivity contribution in [1.29, 1.82) is 0 Å². The minimum absolute atomic E-state index is 0.282. The molecule has 7 heteroatoms. The Labute approximate surface area is 170 Å². The molecule has 0 spiro atoms. The minimum atomic E-state index is -0.704. The highest BCUT2D eigenvalue weighted by molar-refractivity contribution is 6.31. The number of halogens is 1. The number of anilines is 1. The van der Waals surface area contributed by atoms with Gasteiger partial charge in [0.1, 0.15) is 5.75 Å². The molecule has 0 aromatic heterocycles. The van der Waals surface area contributed by atoms with Crippen molar-refractivity contribution in [3.05, 3.63) is 58.6 Å². The summed E-state index contributed by atoms with van der Waals surface area (Å²) in [6.45, 7) is 4.52. The molecule has 150 valence electrons. The van der Waals surface area contributed by atoms with Gasteiger partial charge < -0.3 is 20.1 Å². The van der Waals surface area contributed by atoms with Crippen molar-refractivity contribution in [3.8, 4) is 5.75 Å². The van der Waals surface area contributed by atoms with Crippen molar-refractivity contribution in [3.63, 3.8) is 0 Å². The number of benzene rings is 2. The Kier molecular flexibility index (Phi) is 8.29. The van der Waals surface area contributed by atoms with Crippen LogP contribution in [0.25, 0.3) is 0 Å². The molecule has 28 heavy (non-hydrogen) atoms. The molecule has 2 aromatic rings. The Morgan fingerprint density at radius 3 is 2.61 bits per heavy atom. The van der Waals surface area contributed by atoms with Gasteiger partial charge in [-0.15, -0.1) is 0 Å². The molecule has 6 nitrogen and oxygen atoms in total. The number of aryl methyl sites for hydroxylation is 1. The van der Waals surface area contributed by atoms with Crippen molar-refractivity contribution in [2.75, 3.05) is 25.6 Å². The summed E-state index contributed by atoms with van der Waals surface area (Å²) in [5.41, 5.74) is 1.67. The van der Waals surface area contributed by atoms with Crippen molar-refractivity contribution in [2.24, 2.45) is 0 Å². The number of carbonyl (C=O) groups excluding carboxylic acids is 2. The summed E-state index contributed by atoms with van der Waals surface area (Å²) >= 11 is 6.03. The van der Waals surface area contributed by atoms with E-state index in [4.69, 9.17) is 21.1 Å². The fraction of sp³-hybridized carbons (Fsp3) is 0.333. The molecule has 0 bridgehead atoms. The van der Waals surface area contributed by atoms with Gasteiger partial charge in [-0.3, -0.25) is 9.59 Å². The summed E-state index contributed by atoms with van der Waals surface area (Å²) in [6.07, 6.45) is -0.236. The van der Waals surface area contributed by atoms with E-state index in [9.17, 15) is 9.59 Å². The van der Waals surface area contributed by atoms with E-state index in [0.29, 0.717) is 41.6 Å². The van der Waals surface area contributed by atoms with E-state index in [1.807, 2.05) is 13.8 Å². The van der Waals surface area contributed by atoms with E-state index >= 15 is 0 Å². The molecule has 0 radical (unpaired) electrons. The van der Waals surface area contributed by atoms with Crippen LogP contribution >= 0.6 is 11.6 Å². The maximum absolute atomic E-state index is 12.7. The summed E-state index contributed by atoms with van der Waals surface area (Å²) in [5, 5.41) is 6.18. The van der Waals surface area contributed by atoms with Crippen molar-refractivity contribution in [2.45, 2.75) is 26.4 Å². The van der Waals surface area contributed by atoms with Crippen molar-refractivity contribution < 1.29 is 19.1 Å². The second-order valence-electron chi connectivity index (χ2n) is 6.21. The molecular weight excluding hydrogens is 380 g/mol. The Bertz CT molecular complexity index is 826. The SMILES string of the molecule is CCC(Oc1ccc(Cl)c(C)c1)C(=O)Nc1ccccc1C(=O)NCCOC. The molecule has 2 N–H and O–H groups in total. The minimum Gasteiger partial charge on any atom is -0.481 e. The maximum Gasteiger partial charge on any atom is 0.265 e. The quantitative estimate of drug-likeness (QED) is 0.623. The topological polar surface area (TPSA) is 76.7 Å². The summed E-state index contributed by atoms with van der Waals surface area (Å²) in [4.78, 5) is 25.1. The molecule has 0 fully saturated rings. The number of carbonyl (C=O) groups is 2. The highest BCUT2D eigenvalue weighted by atomic mass is 35.5. The standard InChI is InChI=1S/C21H25ClN2O4/c1-4-19(28-15-9-10-17(22)14(2)13-15)21(26)24-18-8-6-5-7-16(18)20(25)23-11-12-27-3/h5-10,13,19H,4,11-12H2,1-3H3,(H,23,25)(H,24,26). The first-order chi connectivity index (χ1) is 13.5. The molecule has 0 saturated carbocycles. The number of para-hydroxylation sites is 1. The molecule has 0 aliphatic carbocycles. The van der Waals surface area contributed by atoms with Crippen LogP contribution in [0.5, 0.6) is 5.75 Å². The number of rotatable bonds is 9. The zero-order valence-corrected chi connectivity index (χ0v) is 17.0. The molecule has 0 saturated heterocycles. The Balaban J connectivity index is 2.09. The van der Waals surface area contributed by atoms with E-state index in [1.165, 1.54) is 0 Å². The summed E-state index contributed by atoms with van der Waals surface area (Å²) in [5.74, 6) is -0.0445. The van der Waals surface area contributed by atoms with E-state index in [-0.39, 0.29) is 11.8 Å². The van der Waals surface area contributed by atoms with Gasteiger partial charge in [-0.25, -0.2) is 0 Å². The fourth-order valence-corrected chi connectivity index (χ4v) is 2.66. The third kappa shape index (κ3) is 5.97. The molecule has 2 aromatic carbocycles. The molecule has 1 unspecified atom stereocenters. The lowest BCUT2D eigenvalue weighted by molar-refractivity contribution is -0.122. The first-order valence-corrected chi connectivity index (χ1v) is 9.43. The molecule has 2 amide bonds. The van der Waals surface area contributed by atoms with Gasteiger partial charge in [-0.1, -0.05) is 30.7 Å². The van der Waals surface area contributed by atoms with Gasteiger partial charge in [0.15, 0.2) is 6.10 Å². The van der Waals surface area contributed by atoms with Crippen LogP contribution in [0.3, 0.4) is 0 Å². The molecule has 1 atom stereocenters. The zero-order valence-electron chi connectivity index (χ0n) is 16.3. The average molecular weight is 405 g/mol. The van der Waals surface area contributed by atoms with Crippen LogP contribution in [0.2, 0.25) is 5.02 Å². The van der Waals surface area contributed by atoms with Crippen LogP contribution in [0.1, 0.15) is 29.3 Å². The van der Waals surface area contributed by atoms with Crippen LogP contribution in [0, 0.1) is 6.92 Å². The second-order valence-corrected chi connectivity index (χ2v) is 6.62. The zero-order chi connectivity index (χ0) is 20.5. The highest BCUT2D eigenvalue weighted by Gasteiger charge is 2.21. The summed E-state index contributed by atoms with van der Waals surface area (Å²) < 4.78 is 10.8. The Hall–Kier alpha value is -2.57. The van der Waals surface area contributed by atoms with Gasteiger partial charge in [0.25, 0.3) is 11.8 Å². The number of nitrogens with one attached hydrogen (secondary N) is 2. The Morgan fingerprint density at radius 2 is 1.93 bits per heavy atom. The molecular formula is C21H25ClN2O4. The second kappa shape index (κ2) is 10.7. The van der Waals surface area contributed by atoms with E-state index < -0.39 is 6.10 Å². The lowest BCUT2D eigenvalue weighted by Gasteiger charge is -2.19. The van der Waals surface area contributed by atoms with Crippen LogP contribution in [0.15, 0.2) is 42.5 Å². The molecule has 0 aliphatic rings. The van der Waals surface area contributed by atoms with Gasteiger partial charge in [-0.2, -0.15) is 0 Å². The van der Waals surface area contributed by atoms with Gasteiger partial charge in [0, 0.05) is 18.7 Å². The molecule has 0 aliphatic heterocycles. The summed E-state index contributed by atoms with van der Waals surface area (Å²) in [7, 11) is 1.56. The first kappa shape index (κ1) is 21.7. The molecule has 2 rings (SSSR count). The third-order valence-electron chi connectivity index (χ3n) is 4.09. The van der Waals surface area contributed by atoms with Crippen LogP contribution in [-0.4, -0.2) is 38.2 Å². The molecule has 0 heterocycles. The van der Waals surface area contributed by atoms with E-state index in [1.54, 1.807) is 49.6 Å². The van der Waals surface area contributed by atoms with Crippen LogP contribution in [-0.2, 0) is 9.53 Å². The van der Waals surface area contributed by atoms with Crippen molar-refractivity contribution in [1.82, 2.24) is 5.32 Å². The number of ether oxygens (including phenoxy) is 2. The highest BCUT2D eigenvalue weighted by Crippen LogP contribution is 2.23. The van der Waals surface area contributed by atoms with Gasteiger partial charge in [0.05, 0.1) is 17.9 Å². The van der Waals surface area contributed by atoms with E-state index in [2.05, 4.69) is 10.6 Å². The average Bonchev–Trinajstić information content (AvgIpc) is 2.69.